The normalized spacial score (nSPS) is 9.72. The van der Waals surface area contributed by atoms with Crippen molar-refractivity contribution in [1.82, 2.24) is 15.5 Å². The summed E-state index contributed by atoms with van der Waals surface area (Å²) in [7, 11) is 0. The second kappa shape index (κ2) is 5.59. The van der Waals surface area contributed by atoms with Crippen LogP contribution in [0.2, 0.25) is 0 Å². The Morgan fingerprint density at radius 1 is 1.39 bits per heavy atom. The third kappa shape index (κ3) is 2.92. The Balaban J connectivity index is 1.86. The number of carbonyl (C=O) groups is 1. The highest BCUT2D eigenvalue weighted by atomic mass is 16.5. The van der Waals surface area contributed by atoms with Crippen LogP contribution in [-0.2, 0) is 6.42 Å². The number of carbonyl (C=O) groups excluding carboxylic acids is 1. The summed E-state index contributed by atoms with van der Waals surface area (Å²) >= 11 is 0. The van der Waals surface area contributed by atoms with Gasteiger partial charge in [-0.05, 0) is 24.3 Å². The smallest absolute Gasteiger partial charge is 0.251 e. The van der Waals surface area contributed by atoms with Crippen molar-refractivity contribution in [3.63, 3.8) is 0 Å². The molecular weight excluding hydrogens is 232 g/mol. The molecule has 1 heterocycles. The number of nitrogens with one attached hydrogen (secondary N) is 1. The Bertz CT molecular complexity index is 555. The summed E-state index contributed by atoms with van der Waals surface area (Å²) in [6, 6.07) is 8.43. The summed E-state index contributed by atoms with van der Waals surface area (Å²) in [5.41, 5.74) is 1.04. The number of nitriles is 1. The van der Waals surface area contributed by atoms with E-state index >= 15 is 0 Å². The maximum absolute atomic E-state index is 11.7. The molecule has 6 heteroatoms. The number of hydrogen-bond acceptors (Lipinski definition) is 5. The van der Waals surface area contributed by atoms with Crippen LogP contribution in [-0.4, -0.2) is 22.6 Å². The molecule has 0 spiro atoms. The van der Waals surface area contributed by atoms with Gasteiger partial charge in [-0.1, -0.05) is 5.16 Å². The van der Waals surface area contributed by atoms with E-state index in [9.17, 15) is 4.79 Å². The maximum atomic E-state index is 11.7. The van der Waals surface area contributed by atoms with Crippen LogP contribution < -0.4 is 5.32 Å². The zero-order chi connectivity index (χ0) is 12.8. The van der Waals surface area contributed by atoms with Crippen molar-refractivity contribution in [3.8, 4) is 6.07 Å². The fourth-order valence-corrected chi connectivity index (χ4v) is 1.39. The molecule has 0 unspecified atom stereocenters. The van der Waals surface area contributed by atoms with Crippen LogP contribution in [0.4, 0.5) is 0 Å². The fraction of sp³-hybridized carbons (Fsp3) is 0.167. The highest BCUT2D eigenvalue weighted by Gasteiger charge is 2.05. The summed E-state index contributed by atoms with van der Waals surface area (Å²) in [5, 5.41) is 14.8. The second-order valence-corrected chi connectivity index (χ2v) is 3.53. The van der Waals surface area contributed by atoms with Gasteiger partial charge in [-0.3, -0.25) is 4.79 Å². The van der Waals surface area contributed by atoms with Crippen molar-refractivity contribution in [2.24, 2.45) is 0 Å². The third-order valence-electron chi connectivity index (χ3n) is 2.31. The summed E-state index contributed by atoms with van der Waals surface area (Å²) in [5.74, 6) is 0.286. The molecule has 6 nitrogen and oxygen atoms in total. The van der Waals surface area contributed by atoms with E-state index in [0.717, 1.165) is 0 Å². The highest BCUT2D eigenvalue weighted by Crippen LogP contribution is 2.03. The fourth-order valence-electron chi connectivity index (χ4n) is 1.39. The Kier molecular flexibility index (Phi) is 3.66. The van der Waals surface area contributed by atoms with Crippen molar-refractivity contribution in [3.05, 3.63) is 47.6 Å². The standard InChI is InChI=1S/C12H10N4O2/c13-7-9-1-3-10(4-2-9)12(17)14-6-5-11-15-8-16-18-11/h1-4,8H,5-6H2,(H,14,17). The van der Waals surface area contributed by atoms with Crippen molar-refractivity contribution in [2.45, 2.75) is 6.42 Å². The largest absolute Gasteiger partial charge is 0.352 e. The van der Waals surface area contributed by atoms with Crippen LogP contribution in [0.3, 0.4) is 0 Å². The van der Waals surface area contributed by atoms with Gasteiger partial charge in [0.25, 0.3) is 5.91 Å². The van der Waals surface area contributed by atoms with Gasteiger partial charge in [-0.2, -0.15) is 10.2 Å². The first kappa shape index (κ1) is 11.8. The van der Waals surface area contributed by atoms with Gasteiger partial charge in [0.05, 0.1) is 11.6 Å². The van der Waals surface area contributed by atoms with E-state index in [1.165, 1.54) is 6.33 Å². The molecule has 0 atom stereocenters. The number of amides is 1. The zero-order valence-electron chi connectivity index (χ0n) is 9.46. The van der Waals surface area contributed by atoms with Crippen molar-refractivity contribution >= 4 is 5.91 Å². The van der Waals surface area contributed by atoms with E-state index in [1.54, 1.807) is 24.3 Å². The minimum atomic E-state index is -0.195. The van der Waals surface area contributed by atoms with Crippen molar-refractivity contribution in [1.29, 1.82) is 5.26 Å². The van der Waals surface area contributed by atoms with Crippen LogP contribution in [0.1, 0.15) is 21.8 Å². The van der Waals surface area contributed by atoms with Gasteiger partial charge in [0, 0.05) is 18.5 Å². The molecule has 90 valence electrons. The molecule has 2 rings (SSSR count). The molecule has 0 saturated carbocycles. The molecule has 0 saturated heterocycles. The Labute approximate surface area is 103 Å². The van der Waals surface area contributed by atoms with Gasteiger partial charge >= 0.3 is 0 Å². The summed E-state index contributed by atoms with van der Waals surface area (Å²) in [6.45, 7) is 0.418. The number of rotatable bonds is 4. The Hall–Kier alpha value is -2.68. The lowest BCUT2D eigenvalue weighted by atomic mass is 10.1. The van der Waals surface area contributed by atoms with Crippen molar-refractivity contribution in [2.75, 3.05) is 6.54 Å². The number of benzene rings is 1. The number of nitrogens with zero attached hydrogens (tertiary/aromatic N) is 3. The molecule has 0 fully saturated rings. The first-order chi connectivity index (χ1) is 8.79. The molecule has 2 aromatic rings. The minimum Gasteiger partial charge on any atom is -0.352 e. The number of hydrogen-bond donors (Lipinski definition) is 1. The second-order valence-electron chi connectivity index (χ2n) is 3.53. The Morgan fingerprint density at radius 3 is 2.78 bits per heavy atom. The first-order valence-corrected chi connectivity index (χ1v) is 5.33. The lowest BCUT2D eigenvalue weighted by molar-refractivity contribution is 0.0953. The molecule has 1 aromatic heterocycles. The zero-order valence-corrected chi connectivity index (χ0v) is 9.46. The van der Waals surface area contributed by atoms with E-state index < -0.39 is 0 Å². The average Bonchev–Trinajstić information content (AvgIpc) is 2.92. The summed E-state index contributed by atoms with van der Waals surface area (Å²) in [6.07, 6.45) is 1.81. The average molecular weight is 242 g/mol. The highest BCUT2D eigenvalue weighted by molar-refractivity contribution is 5.94. The van der Waals surface area contributed by atoms with Gasteiger partial charge in [-0.25, -0.2) is 0 Å². The van der Waals surface area contributed by atoms with E-state index in [1.807, 2.05) is 6.07 Å². The molecule has 18 heavy (non-hydrogen) atoms. The van der Waals surface area contributed by atoms with E-state index in [4.69, 9.17) is 9.78 Å². The Morgan fingerprint density at radius 2 is 2.17 bits per heavy atom. The van der Waals surface area contributed by atoms with Crippen molar-refractivity contribution < 1.29 is 9.32 Å². The molecule has 0 aliphatic rings. The minimum absolute atomic E-state index is 0.195. The molecule has 0 radical (unpaired) electrons. The van der Waals surface area contributed by atoms with Gasteiger partial charge in [0.1, 0.15) is 0 Å². The topological polar surface area (TPSA) is 91.8 Å². The molecule has 0 aliphatic carbocycles. The molecule has 1 amide bonds. The summed E-state index contributed by atoms with van der Waals surface area (Å²) < 4.78 is 4.80. The molecule has 0 aliphatic heterocycles. The predicted octanol–water partition coefficient (Wildman–Crippen LogP) is 0.914. The monoisotopic (exact) mass is 242 g/mol. The summed E-state index contributed by atoms with van der Waals surface area (Å²) in [4.78, 5) is 15.6. The van der Waals surface area contributed by atoms with Gasteiger partial charge in [0.15, 0.2) is 6.33 Å². The SMILES string of the molecule is N#Cc1ccc(C(=O)NCCc2ncno2)cc1. The quantitative estimate of drug-likeness (QED) is 0.860. The van der Waals surface area contributed by atoms with E-state index in [-0.39, 0.29) is 5.91 Å². The van der Waals surface area contributed by atoms with Crippen LogP contribution in [0.25, 0.3) is 0 Å². The molecule has 1 N–H and O–H groups in total. The van der Waals surface area contributed by atoms with Gasteiger partial charge in [0.2, 0.25) is 5.89 Å². The van der Waals surface area contributed by atoms with Gasteiger partial charge < -0.3 is 9.84 Å². The third-order valence-corrected chi connectivity index (χ3v) is 2.31. The van der Waals surface area contributed by atoms with Crippen LogP contribution in [0, 0.1) is 11.3 Å². The molecular formula is C12H10N4O2. The lowest BCUT2D eigenvalue weighted by Crippen LogP contribution is -2.25. The maximum Gasteiger partial charge on any atom is 0.251 e. The lowest BCUT2D eigenvalue weighted by Gasteiger charge is -2.03. The van der Waals surface area contributed by atoms with Crippen LogP contribution >= 0.6 is 0 Å². The predicted molar refractivity (Wildman–Crippen MR) is 61.5 cm³/mol. The molecule has 0 bridgehead atoms. The van der Waals surface area contributed by atoms with Crippen LogP contribution in [0.5, 0.6) is 0 Å². The first-order valence-electron chi connectivity index (χ1n) is 5.33. The molecule has 1 aromatic carbocycles. The van der Waals surface area contributed by atoms with Gasteiger partial charge in [-0.15, -0.1) is 0 Å². The van der Waals surface area contributed by atoms with E-state index in [0.29, 0.717) is 30.0 Å². The number of aromatic nitrogens is 2. The van der Waals surface area contributed by atoms with Crippen LogP contribution in [0.15, 0.2) is 35.1 Å². The van der Waals surface area contributed by atoms with E-state index in [2.05, 4.69) is 15.5 Å².